The van der Waals surface area contributed by atoms with Gasteiger partial charge in [-0.2, -0.15) is 0 Å². The van der Waals surface area contributed by atoms with Gasteiger partial charge in [0.05, 0.1) is 5.41 Å². The Balaban J connectivity index is 1.46. The quantitative estimate of drug-likeness (QED) is 0.813. The van der Waals surface area contributed by atoms with Crippen LogP contribution in [0.5, 0.6) is 0 Å². The minimum atomic E-state index is -0.271. The Kier molecular flexibility index (Phi) is 4.76. The van der Waals surface area contributed by atoms with Gasteiger partial charge in [0.2, 0.25) is 11.8 Å². The molecule has 1 aliphatic carbocycles. The Labute approximate surface area is 156 Å². The second-order valence-electron chi connectivity index (χ2n) is 8.37. The second-order valence-corrected chi connectivity index (χ2v) is 8.37. The predicted molar refractivity (Wildman–Crippen MR) is 102 cm³/mol. The van der Waals surface area contributed by atoms with Crippen LogP contribution in [0.1, 0.15) is 62.5 Å². The van der Waals surface area contributed by atoms with E-state index in [1.165, 1.54) is 17.5 Å². The Morgan fingerprint density at radius 2 is 1.88 bits per heavy atom. The van der Waals surface area contributed by atoms with Gasteiger partial charge in [0, 0.05) is 32.1 Å². The lowest BCUT2D eigenvalue weighted by Crippen LogP contribution is -2.49. The molecular weight excluding hydrogens is 324 g/mol. The molecule has 26 heavy (non-hydrogen) atoms. The molecule has 0 unspecified atom stereocenters. The third-order valence-electron chi connectivity index (χ3n) is 6.56. The van der Waals surface area contributed by atoms with Crippen molar-refractivity contribution in [3.63, 3.8) is 0 Å². The van der Waals surface area contributed by atoms with Crippen molar-refractivity contribution in [1.29, 1.82) is 0 Å². The molecule has 0 radical (unpaired) electrons. The molecule has 4 nitrogen and oxygen atoms in total. The van der Waals surface area contributed by atoms with Crippen molar-refractivity contribution in [3.05, 3.63) is 35.4 Å². The largest absolute Gasteiger partial charge is 0.343 e. The van der Waals surface area contributed by atoms with E-state index in [1.807, 2.05) is 4.90 Å². The smallest absolute Gasteiger partial charge is 0.233 e. The predicted octanol–water partition coefficient (Wildman–Crippen LogP) is 3.42. The van der Waals surface area contributed by atoms with Crippen LogP contribution in [0.4, 0.5) is 0 Å². The van der Waals surface area contributed by atoms with Crippen LogP contribution in [0.15, 0.2) is 24.3 Å². The number of rotatable bonds is 5. The van der Waals surface area contributed by atoms with E-state index in [4.69, 9.17) is 0 Å². The average molecular weight is 354 g/mol. The lowest BCUT2D eigenvalue weighted by Gasteiger charge is -2.39. The summed E-state index contributed by atoms with van der Waals surface area (Å²) in [6.07, 6.45) is 7.95. The lowest BCUT2D eigenvalue weighted by atomic mass is 9.90. The zero-order valence-corrected chi connectivity index (χ0v) is 15.9. The first kappa shape index (κ1) is 17.6. The molecule has 1 aromatic carbocycles. The zero-order valence-electron chi connectivity index (χ0n) is 15.9. The number of nitrogens with zero attached hydrogens (tertiary/aromatic N) is 2. The first-order chi connectivity index (χ1) is 12.6. The van der Waals surface area contributed by atoms with Gasteiger partial charge in [-0.25, -0.2) is 0 Å². The maximum atomic E-state index is 13.5. The highest BCUT2D eigenvalue weighted by Gasteiger charge is 2.53. The maximum Gasteiger partial charge on any atom is 0.233 e. The van der Waals surface area contributed by atoms with Gasteiger partial charge >= 0.3 is 0 Å². The molecule has 2 aliphatic heterocycles. The summed E-state index contributed by atoms with van der Waals surface area (Å²) in [6, 6.07) is 8.82. The highest BCUT2D eigenvalue weighted by Crippen LogP contribution is 2.50. The number of hydrogen-bond acceptors (Lipinski definition) is 2. The van der Waals surface area contributed by atoms with Gasteiger partial charge < -0.3 is 9.80 Å². The number of amides is 2. The third kappa shape index (κ3) is 3.26. The van der Waals surface area contributed by atoms with Crippen LogP contribution in [0.2, 0.25) is 0 Å². The van der Waals surface area contributed by atoms with E-state index >= 15 is 0 Å². The Bertz CT molecular complexity index is 678. The normalized spacial score (nSPS) is 24.8. The van der Waals surface area contributed by atoms with Crippen LogP contribution in [0.3, 0.4) is 0 Å². The Morgan fingerprint density at radius 1 is 1.12 bits per heavy atom. The molecule has 0 N–H and O–H groups in total. The van der Waals surface area contributed by atoms with Crippen molar-refractivity contribution in [3.8, 4) is 0 Å². The van der Waals surface area contributed by atoms with Crippen LogP contribution in [-0.4, -0.2) is 47.3 Å². The molecular formula is C22H30N2O2. The first-order valence-electron chi connectivity index (χ1n) is 10.3. The summed E-state index contributed by atoms with van der Waals surface area (Å²) in [5.74, 6) is 0.621. The topological polar surface area (TPSA) is 40.6 Å². The van der Waals surface area contributed by atoms with E-state index in [2.05, 4.69) is 36.1 Å². The highest BCUT2D eigenvalue weighted by molar-refractivity contribution is 5.91. The number of carbonyl (C=O) groups is 2. The minimum absolute atomic E-state index is 0.271. The van der Waals surface area contributed by atoms with Crippen molar-refractivity contribution < 1.29 is 9.59 Å². The van der Waals surface area contributed by atoms with E-state index in [9.17, 15) is 9.59 Å². The molecule has 0 bridgehead atoms. The third-order valence-corrected chi connectivity index (χ3v) is 6.56. The summed E-state index contributed by atoms with van der Waals surface area (Å²) < 4.78 is 0. The van der Waals surface area contributed by atoms with Gasteiger partial charge in [-0.15, -0.1) is 0 Å². The Hall–Kier alpha value is -1.84. The molecule has 0 spiro atoms. The summed E-state index contributed by atoms with van der Waals surface area (Å²) in [5, 5.41) is 0. The molecule has 1 aromatic rings. The molecule has 1 saturated carbocycles. The van der Waals surface area contributed by atoms with Gasteiger partial charge in [0.1, 0.15) is 0 Å². The van der Waals surface area contributed by atoms with Gasteiger partial charge in [-0.3, -0.25) is 9.59 Å². The van der Waals surface area contributed by atoms with Crippen LogP contribution in [0, 0.1) is 6.92 Å². The van der Waals surface area contributed by atoms with Crippen LogP contribution in [0.25, 0.3) is 0 Å². The van der Waals surface area contributed by atoms with E-state index in [-0.39, 0.29) is 11.3 Å². The average Bonchev–Trinajstić information content (AvgIpc) is 3.37. The summed E-state index contributed by atoms with van der Waals surface area (Å²) in [7, 11) is 0. The summed E-state index contributed by atoms with van der Waals surface area (Å²) in [4.78, 5) is 29.5. The SMILES string of the molecule is Cc1ccc(C2(C(=O)N3CCCC[C@@H]3CCN3CCCC3=O)CC2)cc1. The van der Waals surface area contributed by atoms with Gasteiger partial charge in [-0.05, 0) is 57.4 Å². The molecule has 3 aliphatic rings. The van der Waals surface area contributed by atoms with Gasteiger partial charge in [0.25, 0.3) is 0 Å². The fourth-order valence-electron chi connectivity index (χ4n) is 4.71. The molecule has 1 atom stereocenters. The van der Waals surface area contributed by atoms with Crippen molar-refractivity contribution >= 4 is 11.8 Å². The molecule has 4 heteroatoms. The van der Waals surface area contributed by atoms with Crippen LogP contribution < -0.4 is 0 Å². The van der Waals surface area contributed by atoms with Crippen molar-refractivity contribution in [2.45, 2.75) is 69.7 Å². The second kappa shape index (κ2) is 7.05. The fraction of sp³-hybridized carbons (Fsp3) is 0.636. The fourth-order valence-corrected chi connectivity index (χ4v) is 4.71. The van der Waals surface area contributed by atoms with E-state index in [0.29, 0.717) is 18.4 Å². The van der Waals surface area contributed by atoms with Gasteiger partial charge in [0.15, 0.2) is 0 Å². The van der Waals surface area contributed by atoms with Gasteiger partial charge in [-0.1, -0.05) is 29.8 Å². The summed E-state index contributed by atoms with van der Waals surface area (Å²) >= 11 is 0. The number of likely N-dealkylation sites (tertiary alicyclic amines) is 2. The molecule has 0 aromatic heterocycles. The van der Waals surface area contributed by atoms with Crippen molar-refractivity contribution in [2.75, 3.05) is 19.6 Å². The summed E-state index contributed by atoms with van der Waals surface area (Å²) in [6.45, 7) is 4.67. The van der Waals surface area contributed by atoms with E-state index in [1.54, 1.807) is 0 Å². The maximum absolute atomic E-state index is 13.5. The molecule has 2 heterocycles. The number of carbonyl (C=O) groups excluding carboxylic acids is 2. The van der Waals surface area contributed by atoms with Crippen LogP contribution >= 0.6 is 0 Å². The standard InChI is InChI=1S/C22H30N2O2/c1-17-7-9-18(10-8-17)22(12-13-22)21(26)24-15-3-2-5-19(24)11-16-23-14-4-6-20(23)25/h7-10,19H,2-6,11-16H2,1H3/t19-/m1/s1. The van der Waals surface area contributed by atoms with E-state index < -0.39 is 0 Å². The van der Waals surface area contributed by atoms with E-state index in [0.717, 1.165) is 58.2 Å². The van der Waals surface area contributed by atoms with Crippen LogP contribution in [-0.2, 0) is 15.0 Å². The summed E-state index contributed by atoms with van der Waals surface area (Å²) in [5.41, 5.74) is 2.16. The first-order valence-corrected chi connectivity index (χ1v) is 10.3. The molecule has 2 saturated heterocycles. The highest BCUT2D eigenvalue weighted by atomic mass is 16.2. The van der Waals surface area contributed by atoms with Crippen molar-refractivity contribution in [1.82, 2.24) is 9.80 Å². The number of hydrogen-bond donors (Lipinski definition) is 0. The Morgan fingerprint density at radius 3 is 2.54 bits per heavy atom. The number of piperidine rings is 1. The lowest BCUT2D eigenvalue weighted by molar-refractivity contribution is -0.138. The molecule has 4 rings (SSSR count). The molecule has 3 fully saturated rings. The molecule has 2 amide bonds. The minimum Gasteiger partial charge on any atom is -0.343 e. The number of aryl methyl sites for hydroxylation is 1. The monoisotopic (exact) mass is 354 g/mol. The number of benzene rings is 1. The molecule has 140 valence electrons. The zero-order chi connectivity index (χ0) is 18.1. The van der Waals surface area contributed by atoms with Crippen molar-refractivity contribution in [2.24, 2.45) is 0 Å².